The molecule has 1 fully saturated rings. The number of carboxylic acid groups (broad SMARTS) is 1. The number of rotatable bonds is 5. The summed E-state index contributed by atoms with van der Waals surface area (Å²) >= 11 is 5.72. The molecule has 0 spiro atoms. The number of hydrogen-bond acceptors (Lipinski definition) is 4. The maximum absolute atomic E-state index is 14.5. The lowest BCUT2D eigenvalue weighted by molar-refractivity contribution is -0.143. The summed E-state index contributed by atoms with van der Waals surface area (Å²) < 4.78 is 53.2. The molecule has 1 aromatic rings. The number of aliphatic carboxylic acids is 1. The van der Waals surface area contributed by atoms with Gasteiger partial charge in [0.15, 0.2) is 11.6 Å². The van der Waals surface area contributed by atoms with E-state index in [0.717, 1.165) is 23.2 Å². The van der Waals surface area contributed by atoms with Crippen LogP contribution in [0.25, 0.3) is 0 Å². The molecule has 2 aliphatic carbocycles. The van der Waals surface area contributed by atoms with Gasteiger partial charge in [0, 0.05) is 18.3 Å². The monoisotopic (exact) mass is 499 g/mol. The molecular formula is C22H18ClF4N3O4. The molecule has 2 atom stereocenters. The van der Waals surface area contributed by atoms with E-state index in [1.54, 1.807) is 0 Å². The number of hydrogen-bond donors (Lipinski definition) is 1. The van der Waals surface area contributed by atoms with Crippen LogP contribution in [0.3, 0.4) is 0 Å². The number of alkyl halides is 3. The third-order valence-corrected chi connectivity index (χ3v) is 6.19. The number of carbonyl (C=O) groups excluding carboxylic acids is 2. The van der Waals surface area contributed by atoms with Crippen LogP contribution in [-0.4, -0.2) is 58.1 Å². The number of anilines is 1. The SMILES string of the molecule is O=C(O)C1C=C(C2C(=O)N(c3ncc(Cl)cc3F)CC(=O)N2CC2=CC=C(C(F)(F)F)CC2)C1. The topological polar surface area (TPSA) is 90.8 Å². The minimum atomic E-state index is -4.44. The van der Waals surface area contributed by atoms with E-state index in [-0.39, 0.29) is 30.8 Å². The Labute approximate surface area is 196 Å². The van der Waals surface area contributed by atoms with Gasteiger partial charge in [0.05, 0.1) is 10.9 Å². The lowest BCUT2D eigenvalue weighted by Gasteiger charge is -2.43. The van der Waals surface area contributed by atoms with Crippen molar-refractivity contribution in [3.05, 3.63) is 58.1 Å². The molecule has 2 heterocycles. The zero-order valence-corrected chi connectivity index (χ0v) is 18.2. The molecule has 180 valence electrons. The van der Waals surface area contributed by atoms with Crippen molar-refractivity contribution in [2.24, 2.45) is 5.92 Å². The van der Waals surface area contributed by atoms with Crippen LogP contribution in [0.15, 0.2) is 47.2 Å². The fourth-order valence-electron chi connectivity index (χ4n) is 4.16. The molecule has 0 aromatic carbocycles. The summed E-state index contributed by atoms with van der Waals surface area (Å²) in [7, 11) is 0. The predicted molar refractivity (Wildman–Crippen MR) is 112 cm³/mol. The van der Waals surface area contributed by atoms with E-state index in [9.17, 15) is 37.1 Å². The lowest BCUT2D eigenvalue weighted by atomic mass is 9.80. The van der Waals surface area contributed by atoms with Crippen molar-refractivity contribution in [3.63, 3.8) is 0 Å². The Hall–Kier alpha value is -3.21. The standard InChI is InChI=1S/C22H18ClF4N3O4/c23-15-7-16(24)19(28-8-15)30-10-17(31)29(9-11-1-3-14(4-2-11)22(25,26)27)18(20(30)32)12-5-13(6-12)21(33)34/h1,3,5,7-8,13,18H,2,4,6,9-10H2,(H,33,34). The molecule has 2 unspecified atom stereocenters. The Morgan fingerprint density at radius 1 is 1.24 bits per heavy atom. The number of allylic oxidation sites excluding steroid dienone is 3. The molecule has 34 heavy (non-hydrogen) atoms. The van der Waals surface area contributed by atoms with Crippen LogP contribution in [0.4, 0.5) is 23.4 Å². The van der Waals surface area contributed by atoms with Gasteiger partial charge >= 0.3 is 12.1 Å². The van der Waals surface area contributed by atoms with Gasteiger partial charge in [-0.2, -0.15) is 13.2 Å². The molecule has 0 bridgehead atoms. The van der Waals surface area contributed by atoms with Crippen LogP contribution >= 0.6 is 11.6 Å². The van der Waals surface area contributed by atoms with Crippen molar-refractivity contribution in [2.45, 2.75) is 31.5 Å². The summed E-state index contributed by atoms with van der Waals surface area (Å²) in [5.74, 6) is -4.49. The molecule has 0 radical (unpaired) electrons. The van der Waals surface area contributed by atoms with Gasteiger partial charge in [-0.1, -0.05) is 35.4 Å². The summed E-state index contributed by atoms with van der Waals surface area (Å²) in [6.07, 6.45) is 0.0689. The number of halogens is 5. The Bertz CT molecular complexity index is 1160. The summed E-state index contributed by atoms with van der Waals surface area (Å²) in [6, 6.07) is -0.272. The first-order valence-electron chi connectivity index (χ1n) is 10.3. The Morgan fingerprint density at radius 3 is 2.50 bits per heavy atom. The Morgan fingerprint density at radius 2 is 1.94 bits per heavy atom. The van der Waals surface area contributed by atoms with Gasteiger partial charge < -0.3 is 10.0 Å². The second-order valence-electron chi connectivity index (χ2n) is 8.21. The lowest BCUT2D eigenvalue weighted by Crippen LogP contribution is -2.62. The largest absolute Gasteiger partial charge is 0.481 e. The molecule has 12 heteroatoms. The number of pyridine rings is 1. The van der Waals surface area contributed by atoms with E-state index < -0.39 is 59.7 Å². The van der Waals surface area contributed by atoms with E-state index in [1.165, 1.54) is 17.1 Å². The molecule has 1 saturated heterocycles. The number of carboxylic acids is 1. The molecular weight excluding hydrogens is 482 g/mol. The molecule has 1 aliphatic heterocycles. The van der Waals surface area contributed by atoms with Gasteiger partial charge in [-0.3, -0.25) is 19.3 Å². The van der Waals surface area contributed by atoms with Crippen molar-refractivity contribution in [1.82, 2.24) is 9.88 Å². The maximum Gasteiger partial charge on any atom is 0.412 e. The normalized spacial score (nSPS) is 23.3. The average Bonchev–Trinajstić information content (AvgIpc) is 2.71. The second kappa shape index (κ2) is 8.86. The Kier molecular flexibility index (Phi) is 6.24. The highest BCUT2D eigenvalue weighted by atomic mass is 35.5. The third kappa shape index (κ3) is 4.56. The van der Waals surface area contributed by atoms with Crippen molar-refractivity contribution < 1.29 is 37.1 Å². The molecule has 2 amide bonds. The highest BCUT2D eigenvalue weighted by Gasteiger charge is 2.46. The first-order chi connectivity index (χ1) is 16.0. The van der Waals surface area contributed by atoms with Crippen LogP contribution < -0.4 is 4.90 Å². The van der Waals surface area contributed by atoms with Gasteiger partial charge in [-0.25, -0.2) is 9.37 Å². The first kappa shape index (κ1) is 23.9. The minimum absolute atomic E-state index is 0.00303. The molecule has 1 aromatic heterocycles. The summed E-state index contributed by atoms with van der Waals surface area (Å²) in [5, 5.41) is 9.17. The molecule has 1 N–H and O–H groups in total. The van der Waals surface area contributed by atoms with Crippen molar-refractivity contribution in [2.75, 3.05) is 18.0 Å². The zero-order valence-electron chi connectivity index (χ0n) is 17.5. The summed E-state index contributed by atoms with van der Waals surface area (Å²) in [4.78, 5) is 43.6. The highest BCUT2D eigenvalue weighted by molar-refractivity contribution is 6.30. The van der Waals surface area contributed by atoms with Gasteiger partial charge in [0.2, 0.25) is 5.91 Å². The first-order valence-corrected chi connectivity index (χ1v) is 10.6. The smallest absolute Gasteiger partial charge is 0.412 e. The molecule has 3 aliphatic rings. The number of piperazine rings is 1. The van der Waals surface area contributed by atoms with Gasteiger partial charge in [0.25, 0.3) is 5.91 Å². The van der Waals surface area contributed by atoms with Crippen LogP contribution in [-0.2, 0) is 14.4 Å². The predicted octanol–water partition coefficient (Wildman–Crippen LogP) is 3.66. The Balaban J connectivity index is 1.65. The van der Waals surface area contributed by atoms with Crippen molar-refractivity contribution >= 4 is 35.2 Å². The van der Waals surface area contributed by atoms with E-state index in [0.29, 0.717) is 11.1 Å². The van der Waals surface area contributed by atoms with Gasteiger partial charge in [-0.05, 0) is 30.9 Å². The maximum atomic E-state index is 14.5. The fourth-order valence-corrected chi connectivity index (χ4v) is 4.30. The number of nitrogens with zero attached hydrogens (tertiary/aromatic N) is 3. The van der Waals surface area contributed by atoms with E-state index in [2.05, 4.69) is 4.98 Å². The number of aromatic nitrogens is 1. The average molecular weight is 500 g/mol. The number of amides is 2. The quantitative estimate of drug-likeness (QED) is 0.493. The third-order valence-electron chi connectivity index (χ3n) is 5.98. The molecule has 7 nitrogen and oxygen atoms in total. The fraction of sp³-hybridized carbons (Fsp3) is 0.364. The summed E-state index contributed by atoms with van der Waals surface area (Å²) in [6.45, 7) is -0.649. The zero-order chi connectivity index (χ0) is 24.8. The van der Waals surface area contributed by atoms with Crippen molar-refractivity contribution in [1.29, 1.82) is 0 Å². The highest BCUT2D eigenvalue weighted by Crippen LogP contribution is 2.37. The van der Waals surface area contributed by atoms with E-state index in [1.807, 2.05) is 0 Å². The van der Waals surface area contributed by atoms with Crippen LogP contribution in [0, 0.1) is 11.7 Å². The minimum Gasteiger partial charge on any atom is -0.481 e. The summed E-state index contributed by atoms with van der Waals surface area (Å²) in [5.41, 5.74) is 0.196. The van der Waals surface area contributed by atoms with E-state index in [4.69, 9.17) is 11.6 Å². The van der Waals surface area contributed by atoms with Gasteiger partial charge in [0.1, 0.15) is 12.6 Å². The molecule has 0 saturated carbocycles. The van der Waals surface area contributed by atoms with Crippen LogP contribution in [0.2, 0.25) is 5.02 Å². The van der Waals surface area contributed by atoms with Crippen molar-refractivity contribution in [3.8, 4) is 0 Å². The van der Waals surface area contributed by atoms with Crippen LogP contribution in [0.5, 0.6) is 0 Å². The second-order valence-corrected chi connectivity index (χ2v) is 8.65. The number of carbonyl (C=O) groups is 3. The molecule has 4 rings (SSSR count). The van der Waals surface area contributed by atoms with Gasteiger partial charge in [-0.15, -0.1) is 0 Å². The van der Waals surface area contributed by atoms with Crippen LogP contribution in [0.1, 0.15) is 19.3 Å². The van der Waals surface area contributed by atoms with E-state index >= 15 is 0 Å².